The van der Waals surface area contributed by atoms with Crippen molar-refractivity contribution >= 4 is 17.7 Å². The number of nitrogens with zero attached hydrogens (tertiary/aromatic N) is 3. The van der Waals surface area contributed by atoms with Gasteiger partial charge in [-0.15, -0.1) is 0 Å². The van der Waals surface area contributed by atoms with Crippen molar-refractivity contribution in [3.63, 3.8) is 0 Å². The summed E-state index contributed by atoms with van der Waals surface area (Å²) in [5.74, 6) is -0.0643. The van der Waals surface area contributed by atoms with E-state index < -0.39 is 5.97 Å². The Kier molecular flexibility index (Phi) is 5.48. The van der Waals surface area contributed by atoms with Crippen LogP contribution in [0.4, 0.5) is 0 Å². The molecule has 0 aliphatic carbocycles. The summed E-state index contributed by atoms with van der Waals surface area (Å²) in [7, 11) is 0. The second-order valence-electron chi connectivity index (χ2n) is 5.23. The zero-order valence-corrected chi connectivity index (χ0v) is 13.0. The summed E-state index contributed by atoms with van der Waals surface area (Å²) in [4.78, 5) is 17.6. The molecule has 2 rings (SSSR count). The van der Waals surface area contributed by atoms with Gasteiger partial charge in [0.1, 0.15) is 0 Å². The predicted molar refractivity (Wildman–Crippen MR) is 80.2 cm³/mol. The summed E-state index contributed by atoms with van der Waals surface area (Å²) in [6.07, 6.45) is 4.04. The number of hydrogen-bond donors (Lipinski definition) is 1. The molecular formula is C14H23N3O2S. The summed E-state index contributed by atoms with van der Waals surface area (Å²) in [6, 6.07) is 0. The van der Waals surface area contributed by atoms with Crippen LogP contribution in [0.3, 0.4) is 0 Å². The summed E-state index contributed by atoms with van der Waals surface area (Å²) < 4.78 is 2.22. The molecule has 5 nitrogen and oxygen atoms in total. The zero-order chi connectivity index (χ0) is 14.5. The monoisotopic (exact) mass is 297 g/mol. The Labute approximate surface area is 124 Å². The fourth-order valence-electron chi connectivity index (χ4n) is 2.72. The third-order valence-corrected chi connectivity index (χ3v) is 4.82. The Morgan fingerprint density at radius 1 is 1.55 bits per heavy atom. The maximum absolute atomic E-state index is 10.7. The Morgan fingerprint density at radius 3 is 2.95 bits per heavy atom. The van der Waals surface area contributed by atoms with Gasteiger partial charge in [-0.2, -0.15) is 0 Å². The maximum atomic E-state index is 10.7. The van der Waals surface area contributed by atoms with E-state index in [0.717, 1.165) is 31.2 Å². The third kappa shape index (κ3) is 3.76. The first kappa shape index (κ1) is 15.4. The van der Waals surface area contributed by atoms with Gasteiger partial charge in [-0.1, -0.05) is 25.6 Å². The highest BCUT2D eigenvalue weighted by molar-refractivity contribution is 7.99. The quantitative estimate of drug-likeness (QED) is 0.780. The third-order valence-electron chi connectivity index (χ3n) is 3.85. The van der Waals surface area contributed by atoms with Crippen LogP contribution in [0.15, 0.2) is 11.4 Å². The average Bonchev–Trinajstić information content (AvgIpc) is 3.03. The van der Waals surface area contributed by atoms with E-state index in [1.54, 1.807) is 0 Å². The number of thioether (sulfide) groups is 1. The van der Waals surface area contributed by atoms with Gasteiger partial charge in [-0.05, 0) is 31.8 Å². The van der Waals surface area contributed by atoms with Crippen molar-refractivity contribution < 1.29 is 9.90 Å². The number of hydrogen-bond acceptors (Lipinski definition) is 4. The first-order chi connectivity index (χ1) is 9.63. The molecule has 1 saturated heterocycles. The van der Waals surface area contributed by atoms with E-state index in [1.165, 1.54) is 30.4 Å². The van der Waals surface area contributed by atoms with E-state index >= 15 is 0 Å². The molecule has 1 aliphatic heterocycles. The Hall–Kier alpha value is -1.01. The van der Waals surface area contributed by atoms with E-state index in [-0.39, 0.29) is 5.75 Å². The molecule has 1 fully saturated rings. The van der Waals surface area contributed by atoms with Crippen molar-refractivity contribution in [1.29, 1.82) is 0 Å². The van der Waals surface area contributed by atoms with Crippen LogP contribution in [0, 0.1) is 5.92 Å². The first-order valence-electron chi connectivity index (χ1n) is 7.25. The standard InChI is InChI=1S/C14H23N3O2S/c1-3-12-7-15-14(20-10-13(18)19)17(12)9-11-5-6-16(4-2)8-11/h7,11H,3-6,8-10H2,1-2H3,(H,18,19). The highest BCUT2D eigenvalue weighted by Crippen LogP contribution is 2.24. The van der Waals surface area contributed by atoms with Crippen LogP contribution in [0.5, 0.6) is 0 Å². The molecule has 0 bridgehead atoms. The number of rotatable bonds is 7. The Balaban J connectivity index is 2.04. The topological polar surface area (TPSA) is 58.4 Å². The Morgan fingerprint density at radius 2 is 2.35 bits per heavy atom. The molecule has 2 heterocycles. The molecule has 1 unspecified atom stereocenters. The second kappa shape index (κ2) is 7.13. The minimum atomic E-state index is -0.791. The van der Waals surface area contributed by atoms with E-state index in [0.29, 0.717) is 5.92 Å². The molecule has 1 aromatic rings. The van der Waals surface area contributed by atoms with E-state index in [2.05, 4.69) is 28.3 Å². The number of aromatic nitrogens is 2. The number of aliphatic carboxylic acids is 1. The van der Waals surface area contributed by atoms with E-state index in [9.17, 15) is 4.79 Å². The number of likely N-dealkylation sites (tertiary alicyclic amines) is 1. The molecule has 20 heavy (non-hydrogen) atoms. The number of carbonyl (C=O) groups is 1. The lowest BCUT2D eigenvalue weighted by Crippen LogP contribution is -2.22. The van der Waals surface area contributed by atoms with Gasteiger partial charge in [0.15, 0.2) is 5.16 Å². The van der Waals surface area contributed by atoms with Gasteiger partial charge in [0.2, 0.25) is 0 Å². The van der Waals surface area contributed by atoms with Gasteiger partial charge in [0.25, 0.3) is 0 Å². The normalized spacial score (nSPS) is 19.6. The van der Waals surface area contributed by atoms with Crippen LogP contribution in [0.25, 0.3) is 0 Å². The molecule has 0 saturated carbocycles. The van der Waals surface area contributed by atoms with Gasteiger partial charge in [0, 0.05) is 25.0 Å². The Bertz CT molecular complexity index is 461. The largest absolute Gasteiger partial charge is 0.481 e. The minimum absolute atomic E-state index is 0.0753. The summed E-state index contributed by atoms with van der Waals surface area (Å²) in [6.45, 7) is 8.70. The van der Waals surface area contributed by atoms with Crippen molar-refractivity contribution in [2.45, 2.75) is 38.4 Å². The molecular weight excluding hydrogens is 274 g/mol. The van der Waals surface area contributed by atoms with Crippen LogP contribution in [-0.2, 0) is 17.8 Å². The highest BCUT2D eigenvalue weighted by Gasteiger charge is 2.23. The molecule has 0 amide bonds. The van der Waals surface area contributed by atoms with E-state index in [1.807, 2.05) is 6.20 Å². The van der Waals surface area contributed by atoms with Crippen LogP contribution >= 0.6 is 11.8 Å². The molecule has 1 atom stereocenters. The fourth-order valence-corrected chi connectivity index (χ4v) is 3.45. The van der Waals surface area contributed by atoms with Crippen LogP contribution < -0.4 is 0 Å². The van der Waals surface area contributed by atoms with Crippen LogP contribution in [-0.4, -0.2) is 50.9 Å². The zero-order valence-electron chi connectivity index (χ0n) is 12.2. The first-order valence-corrected chi connectivity index (χ1v) is 8.23. The summed E-state index contributed by atoms with van der Waals surface area (Å²) >= 11 is 1.32. The molecule has 0 spiro atoms. The molecule has 1 N–H and O–H groups in total. The lowest BCUT2D eigenvalue weighted by atomic mass is 10.1. The summed E-state index contributed by atoms with van der Waals surface area (Å²) in [5, 5.41) is 9.66. The second-order valence-corrected chi connectivity index (χ2v) is 6.17. The lowest BCUT2D eigenvalue weighted by molar-refractivity contribution is -0.133. The highest BCUT2D eigenvalue weighted by atomic mass is 32.2. The molecule has 6 heteroatoms. The molecule has 0 radical (unpaired) electrons. The van der Waals surface area contributed by atoms with Gasteiger partial charge in [0.05, 0.1) is 5.75 Å². The fraction of sp³-hybridized carbons (Fsp3) is 0.714. The number of imidazole rings is 1. The van der Waals surface area contributed by atoms with Gasteiger partial charge < -0.3 is 14.6 Å². The molecule has 1 aliphatic rings. The predicted octanol–water partition coefficient (Wildman–Crippen LogP) is 1.96. The van der Waals surface area contributed by atoms with Crippen molar-refractivity contribution in [2.75, 3.05) is 25.4 Å². The average molecular weight is 297 g/mol. The maximum Gasteiger partial charge on any atom is 0.313 e. The van der Waals surface area contributed by atoms with Crippen molar-refractivity contribution in [2.24, 2.45) is 5.92 Å². The summed E-state index contributed by atoms with van der Waals surface area (Å²) in [5.41, 5.74) is 1.20. The minimum Gasteiger partial charge on any atom is -0.481 e. The van der Waals surface area contributed by atoms with Crippen molar-refractivity contribution in [3.8, 4) is 0 Å². The van der Waals surface area contributed by atoms with Gasteiger partial charge in [-0.3, -0.25) is 4.79 Å². The van der Waals surface area contributed by atoms with Crippen molar-refractivity contribution in [3.05, 3.63) is 11.9 Å². The molecule has 0 aromatic carbocycles. The molecule has 112 valence electrons. The van der Waals surface area contributed by atoms with Crippen LogP contribution in [0.2, 0.25) is 0 Å². The van der Waals surface area contributed by atoms with Crippen molar-refractivity contribution in [1.82, 2.24) is 14.5 Å². The number of carboxylic acids is 1. The van der Waals surface area contributed by atoms with Gasteiger partial charge >= 0.3 is 5.97 Å². The van der Waals surface area contributed by atoms with Gasteiger partial charge in [-0.25, -0.2) is 4.98 Å². The van der Waals surface area contributed by atoms with Crippen LogP contribution in [0.1, 0.15) is 26.0 Å². The smallest absolute Gasteiger partial charge is 0.313 e. The number of carboxylic acid groups (broad SMARTS) is 1. The molecule has 1 aromatic heterocycles. The van der Waals surface area contributed by atoms with E-state index in [4.69, 9.17) is 5.11 Å². The SMILES string of the molecule is CCc1cnc(SCC(=O)O)n1CC1CCN(CC)C1. The lowest BCUT2D eigenvalue weighted by Gasteiger charge is -2.16. The number of aryl methyl sites for hydroxylation is 1.